The van der Waals surface area contributed by atoms with Gasteiger partial charge in [-0.25, -0.2) is 0 Å². The first kappa shape index (κ1) is 15.9. The molecule has 0 aromatic heterocycles. The van der Waals surface area contributed by atoms with Crippen LogP contribution >= 0.6 is 0 Å². The number of hydrogen-bond donors (Lipinski definition) is 1. The number of rotatable bonds is 5. The van der Waals surface area contributed by atoms with E-state index >= 15 is 0 Å². The first-order valence-corrected chi connectivity index (χ1v) is 9.10. The van der Waals surface area contributed by atoms with E-state index in [2.05, 4.69) is 12.2 Å². The molecule has 1 N–H and O–H groups in total. The van der Waals surface area contributed by atoms with Crippen LogP contribution in [0.2, 0.25) is 0 Å². The van der Waals surface area contributed by atoms with Gasteiger partial charge in [-0.1, -0.05) is 51.9 Å². The molecule has 0 aliphatic heterocycles. The molecular formula is C18H33NO. The second kappa shape index (κ2) is 8.69. The highest BCUT2D eigenvalue weighted by Gasteiger charge is 2.27. The Bertz CT molecular complexity index is 273. The summed E-state index contributed by atoms with van der Waals surface area (Å²) in [4.78, 5) is 12.4. The number of carbonyl (C=O) groups is 1. The second-order valence-electron chi connectivity index (χ2n) is 7.06. The number of unbranched alkanes of at least 4 members (excludes halogenated alkanes) is 1. The molecule has 0 radical (unpaired) electrons. The van der Waals surface area contributed by atoms with Crippen LogP contribution in [0.5, 0.6) is 0 Å². The van der Waals surface area contributed by atoms with Gasteiger partial charge in [0.1, 0.15) is 0 Å². The fraction of sp³-hybridized carbons (Fsp3) is 0.944. The molecular weight excluding hydrogens is 246 g/mol. The molecule has 0 bridgehead atoms. The molecule has 2 nitrogen and oxygen atoms in total. The van der Waals surface area contributed by atoms with E-state index in [1.807, 2.05) is 0 Å². The van der Waals surface area contributed by atoms with Crippen LogP contribution in [0.1, 0.15) is 90.4 Å². The largest absolute Gasteiger partial charge is 0.353 e. The summed E-state index contributed by atoms with van der Waals surface area (Å²) in [6.07, 6.45) is 16.6. The van der Waals surface area contributed by atoms with Gasteiger partial charge in [-0.05, 0) is 44.4 Å². The fourth-order valence-electron chi connectivity index (χ4n) is 3.95. The predicted molar refractivity (Wildman–Crippen MR) is 84.6 cm³/mol. The van der Waals surface area contributed by atoms with Crippen LogP contribution in [0.15, 0.2) is 0 Å². The number of amides is 1. The van der Waals surface area contributed by atoms with E-state index in [0.717, 1.165) is 18.8 Å². The summed E-state index contributed by atoms with van der Waals surface area (Å²) >= 11 is 0. The average Bonchev–Trinajstić information content (AvgIpc) is 2.74. The van der Waals surface area contributed by atoms with Crippen molar-refractivity contribution in [3.8, 4) is 0 Å². The summed E-state index contributed by atoms with van der Waals surface area (Å²) in [6, 6.07) is 0.475. The highest BCUT2D eigenvalue weighted by atomic mass is 16.1. The SMILES string of the molecule is CCCCC1CCC(C(=O)NC2CCCCCC2)CC1. The highest BCUT2D eigenvalue weighted by molar-refractivity contribution is 5.79. The quantitative estimate of drug-likeness (QED) is 0.718. The Hall–Kier alpha value is -0.530. The summed E-state index contributed by atoms with van der Waals surface area (Å²) in [7, 11) is 0. The van der Waals surface area contributed by atoms with Crippen molar-refractivity contribution in [2.45, 2.75) is 96.4 Å². The summed E-state index contributed by atoms with van der Waals surface area (Å²) in [5.74, 6) is 1.58. The zero-order chi connectivity index (χ0) is 14.2. The Balaban J connectivity index is 1.68. The van der Waals surface area contributed by atoms with Crippen LogP contribution in [-0.2, 0) is 4.79 Å². The van der Waals surface area contributed by atoms with Gasteiger partial charge < -0.3 is 5.32 Å². The van der Waals surface area contributed by atoms with Gasteiger partial charge in [-0.15, -0.1) is 0 Å². The molecule has 1 amide bonds. The molecule has 2 heteroatoms. The zero-order valence-corrected chi connectivity index (χ0v) is 13.3. The van der Waals surface area contributed by atoms with Crippen LogP contribution < -0.4 is 5.32 Å². The van der Waals surface area contributed by atoms with Gasteiger partial charge in [-0.2, -0.15) is 0 Å². The van der Waals surface area contributed by atoms with Crippen LogP contribution in [0.3, 0.4) is 0 Å². The molecule has 2 rings (SSSR count). The third kappa shape index (κ3) is 5.10. The van der Waals surface area contributed by atoms with Gasteiger partial charge in [0.25, 0.3) is 0 Å². The number of nitrogens with one attached hydrogen (secondary N) is 1. The van der Waals surface area contributed by atoms with Gasteiger partial charge in [0, 0.05) is 12.0 Å². The first-order valence-electron chi connectivity index (χ1n) is 9.10. The molecule has 2 fully saturated rings. The van der Waals surface area contributed by atoms with Crippen molar-refractivity contribution < 1.29 is 4.79 Å². The fourth-order valence-corrected chi connectivity index (χ4v) is 3.95. The van der Waals surface area contributed by atoms with Gasteiger partial charge in [-0.3, -0.25) is 4.79 Å². The molecule has 20 heavy (non-hydrogen) atoms. The lowest BCUT2D eigenvalue weighted by Crippen LogP contribution is -2.39. The van der Waals surface area contributed by atoms with E-state index in [0.29, 0.717) is 17.9 Å². The van der Waals surface area contributed by atoms with Gasteiger partial charge in [0.2, 0.25) is 5.91 Å². The number of carbonyl (C=O) groups excluding carboxylic acids is 1. The van der Waals surface area contributed by atoms with Crippen molar-refractivity contribution in [2.75, 3.05) is 0 Å². The molecule has 0 heterocycles. The lowest BCUT2D eigenvalue weighted by Gasteiger charge is -2.29. The van der Waals surface area contributed by atoms with E-state index in [-0.39, 0.29) is 0 Å². The monoisotopic (exact) mass is 279 g/mol. The van der Waals surface area contributed by atoms with Gasteiger partial charge >= 0.3 is 0 Å². The lowest BCUT2D eigenvalue weighted by molar-refractivity contribution is -0.127. The molecule has 0 saturated heterocycles. The first-order chi connectivity index (χ1) is 9.79. The minimum atomic E-state index is 0.316. The van der Waals surface area contributed by atoms with Crippen molar-refractivity contribution in [2.24, 2.45) is 11.8 Å². The Morgan fingerprint density at radius 3 is 2.20 bits per heavy atom. The summed E-state index contributed by atoms with van der Waals surface area (Å²) in [6.45, 7) is 2.27. The van der Waals surface area contributed by atoms with Crippen LogP contribution in [-0.4, -0.2) is 11.9 Å². The average molecular weight is 279 g/mol. The Labute approximate surface area is 125 Å². The van der Waals surface area contributed by atoms with Crippen molar-refractivity contribution in [3.63, 3.8) is 0 Å². The molecule has 0 unspecified atom stereocenters. The Morgan fingerprint density at radius 1 is 0.950 bits per heavy atom. The Kier molecular flexibility index (Phi) is 6.89. The van der Waals surface area contributed by atoms with E-state index in [9.17, 15) is 4.79 Å². The number of hydrogen-bond acceptors (Lipinski definition) is 1. The van der Waals surface area contributed by atoms with Gasteiger partial charge in [0.15, 0.2) is 0 Å². The minimum Gasteiger partial charge on any atom is -0.353 e. The molecule has 2 aliphatic rings. The maximum Gasteiger partial charge on any atom is 0.223 e. The third-order valence-electron chi connectivity index (χ3n) is 5.39. The molecule has 0 atom stereocenters. The standard InChI is InChI=1S/C18H33NO/c1-2-3-8-15-11-13-16(14-12-15)18(20)19-17-9-6-4-5-7-10-17/h15-17H,2-14H2,1H3,(H,19,20). The second-order valence-corrected chi connectivity index (χ2v) is 7.06. The summed E-state index contributed by atoms with van der Waals surface area (Å²) in [5.41, 5.74) is 0. The zero-order valence-electron chi connectivity index (χ0n) is 13.3. The molecule has 2 saturated carbocycles. The topological polar surface area (TPSA) is 29.1 Å². The van der Waals surface area contributed by atoms with E-state index < -0.39 is 0 Å². The van der Waals surface area contributed by atoms with Crippen molar-refractivity contribution in [3.05, 3.63) is 0 Å². The normalized spacial score (nSPS) is 28.9. The lowest BCUT2D eigenvalue weighted by atomic mass is 9.79. The van der Waals surface area contributed by atoms with Gasteiger partial charge in [0.05, 0.1) is 0 Å². The van der Waals surface area contributed by atoms with E-state index in [1.54, 1.807) is 0 Å². The third-order valence-corrected chi connectivity index (χ3v) is 5.39. The minimum absolute atomic E-state index is 0.316. The van der Waals surface area contributed by atoms with Crippen LogP contribution in [0.4, 0.5) is 0 Å². The molecule has 0 spiro atoms. The predicted octanol–water partition coefficient (Wildman–Crippen LogP) is 4.82. The maximum absolute atomic E-state index is 12.4. The molecule has 0 aromatic rings. The maximum atomic E-state index is 12.4. The van der Waals surface area contributed by atoms with Crippen LogP contribution in [0.25, 0.3) is 0 Å². The molecule has 116 valence electrons. The molecule has 2 aliphatic carbocycles. The van der Waals surface area contributed by atoms with Crippen molar-refractivity contribution >= 4 is 5.91 Å². The van der Waals surface area contributed by atoms with Crippen molar-refractivity contribution in [1.29, 1.82) is 0 Å². The summed E-state index contributed by atoms with van der Waals surface area (Å²) in [5, 5.41) is 3.35. The highest BCUT2D eigenvalue weighted by Crippen LogP contribution is 2.32. The van der Waals surface area contributed by atoms with Crippen molar-refractivity contribution in [1.82, 2.24) is 5.32 Å². The smallest absolute Gasteiger partial charge is 0.223 e. The van der Waals surface area contributed by atoms with Crippen LogP contribution in [0, 0.1) is 11.8 Å². The molecule has 0 aromatic carbocycles. The van der Waals surface area contributed by atoms with E-state index in [4.69, 9.17) is 0 Å². The summed E-state index contributed by atoms with van der Waals surface area (Å²) < 4.78 is 0. The van der Waals surface area contributed by atoms with E-state index in [1.165, 1.54) is 70.6 Å². The Morgan fingerprint density at radius 2 is 1.60 bits per heavy atom.